The second-order valence-corrected chi connectivity index (χ2v) is 10.5. The van der Waals surface area contributed by atoms with E-state index in [1.54, 1.807) is 24.3 Å². The molecule has 0 aromatic carbocycles. The third-order valence-electron chi connectivity index (χ3n) is 6.31. The first kappa shape index (κ1) is 25.0. The van der Waals surface area contributed by atoms with Gasteiger partial charge < -0.3 is 15.0 Å². The number of methoxy groups -OCH3 is 1. The van der Waals surface area contributed by atoms with E-state index in [2.05, 4.69) is 10.3 Å². The van der Waals surface area contributed by atoms with E-state index < -0.39 is 11.1 Å². The Morgan fingerprint density at radius 3 is 2.52 bits per heavy atom. The van der Waals surface area contributed by atoms with Gasteiger partial charge in [-0.15, -0.1) is 0 Å². The molecule has 1 aromatic rings. The number of carbonyl (C=O) groups is 3. The van der Waals surface area contributed by atoms with Crippen molar-refractivity contribution in [1.82, 2.24) is 15.2 Å². The topological polar surface area (TPSA) is 88.6 Å². The minimum Gasteiger partial charge on any atom is -0.468 e. The van der Waals surface area contributed by atoms with Gasteiger partial charge in [0.05, 0.1) is 7.11 Å². The molecule has 1 heterocycles. The average Bonchev–Trinajstić information content (AvgIpc) is 2.80. The van der Waals surface area contributed by atoms with Crippen LogP contribution in [-0.2, 0) is 25.5 Å². The molecule has 0 spiro atoms. The number of pyridine rings is 1. The zero-order chi connectivity index (χ0) is 22.7. The van der Waals surface area contributed by atoms with Gasteiger partial charge in [-0.3, -0.25) is 14.6 Å². The SMILES string of the molecule is COC(=O)[C@@]([SiH3])(CCC(=O)N(C)CCc1ccncc1)NC(=O)CCC1CCCCC1. The monoisotopic (exact) mass is 447 g/mol. The van der Waals surface area contributed by atoms with E-state index in [4.69, 9.17) is 4.74 Å². The molecule has 0 saturated heterocycles. The molecule has 8 heteroatoms. The summed E-state index contributed by atoms with van der Waals surface area (Å²) in [6.07, 6.45) is 12.1. The van der Waals surface area contributed by atoms with Crippen molar-refractivity contribution < 1.29 is 19.1 Å². The van der Waals surface area contributed by atoms with Gasteiger partial charge in [0, 0.05) is 49.1 Å². The Labute approximate surface area is 188 Å². The molecule has 172 valence electrons. The Morgan fingerprint density at radius 2 is 1.87 bits per heavy atom. The molecule has 1 saturated carbocycles. The molecular formula is C23H37N3O4Si. The molecule has 1 aromatic heterocycles. The van der Waals surface area contributed by atoms with Crippen molar-refractivity contribution in [3.05, 3.63) is 30.1 Å². The predicted octanol–water partition coefficient (Wildman–Crippen LogP) is 1.57. The van der Waals surface area contributed by atoms with E-state index in [1.165, 1.54) is 39.2 Å². The van der Waals surface area contributed by atoms with Crippen molar-refractivity contribution in [2.45, 2.75) is 69.4 Å². The van der Waals surface area contributed by atoms with Crippen LogP contribution in [0.25, 0.3) is 0 Å². The molecule has 0 radical (unpaired) electrons. The van der Waals surface area contributed by atoms with Crippen LogP contribution >= 0.6 is 0 Å². The van der Waals surface area contributed by atoms with Crippen LogP contribution in [0, 0.1) is 5.92 Å². The number of carbonyl (C=O) groups excluding carboxylic acids is 3. The lowest BCUT2D eigenvalue weighted by atomic mass is 9.86. The number of ether oxygens (including phenoxy) is 1. The minimum atomic E-state index is -1.07. The van der Waals surface area contributed by atoms with Gasteiger partial charge in [0.25, 0.3) is 0 Å². The summed E-state index contributed by atoms with van der Waals surface area (Å²) in [5, 5.41) is 1.84. The first-order valence-corrected chi connectivity index (χ1v) is 12.4. The summed E-state index contributed by atoms with van der Waals surface area (Å²) in [5.74, 6) is -0.0201. The van der Waals surface area contributed by atoms with Gasteiger partial charge in [-0.05, 0) is 42.9 Å². The van der Waals surface area contributed by atoms with E-state index in [0.717, 1.165) is 18.4 Å². The van der Waals surface area contributed by atoms with E-state index in [9.17, 15) is 14.4 Å². The zero-order valence-corrected chi connectivity index (χ0v) is 21.2. The predicted molar refractivity (Wildman–Crippen MR) is 123 cm³/mol. The lowest BCUT2D eigenvalue weighted by molar-refractivity contribution is -0.147. The number of likely N-dealkylation sites (N-methyl/N-ethyl adjacent to an activating group) is 1. The number of rotatable bonds is 11. The van der Waals surface area contributed by atoms with Gasteiger partial charge in [-0.25, -0.2) is 4.79 Å². The quantitative estimate of drug-likeness (QED) is 0.411. The highest BCUT2D eigenvalue weighted by Gasteiger charge is 2.36. The Bertz CT molecular complexity index is 725. The second kappa shape index (κ2) is 12.6. The molecule has 0 bridgehead atoms. The maximum absolute atomic E-state index is 12.6. The summed E-state index contributed by atoms with van der Waals surface area (Å²) < 4.78 is 4.96. The average molecular weight is 448 g/mol. The van der Waals surface area contributed by atoms with E-state index in [0.29, 0.717) is 29.1 Å². The summed E-state index contributed by atoms with van der Waals surface area (Å²) >= 11 is 0. The lowest BCUT2D eigenvalue weighted by Crippen LogP contribution is -2.56. The molecule has 2 amide bonds. The van der Waals surface area contributed by atoms with Crippen molar-refractivity contribution >= 4 is 28.0 Å². The Morgan fingerprint density at radius 1 is 1.19 bits per heavy atom. The van der Waals surface area contributed by atoms with Gasteiger partial charge in [0.15, 0.2) is 0 Å². The van der Waals surface area contributed by atoms with Crippen LogP contribution < -0.4 is 5.32 Å². The summed E-state index contributed by atoms with van der Waals surface area (Å²) in [7, 11) is 3.46. The number of hydrogen-bond acceptors (Lipinski definition) is 5. The third kappa shape index (κ3) is 8.43. The van der Waals surface area contributed by atoms with Crippen LogP contribution in [0.1, 0.15) is 63.4 Å². The molecule has 2 rings (SSSR count). The van der Waals surface area contributed by atoms with Crippen LogP contribution in [0.2, 0.25) is 0 Å². The van der Waals surface area contributed by atoms with Crippen LogP contribution in [0.5, 0.6) is 0 Å². The van der Waals surface area contributed by atoms with E-state index >= 15 is 0 Å². The van der Waals surface area contributed by atoms with Crippen LogP contribution in [0.3, 0.4) is 0 Å². The first-order chi connectivity index (χ1) is 14.8. The second-order valence-electron chi connectivity index (χ2n) is 8.84. The summed E-state index contributed by atoms with van der Waals surface area (Å²) in [4.78, 5) is 43.3. The van der Waals surface area contributed by atoms with Gasteiger partial charge >= 0.3 is 5.97 Å². The maximum atomic E-state index is 12.6. The number of nitrogens with one attached hydrogen (secondary N) is 1. The molecule has 1 N–H and O–H groups in total. The smallest absolute Gasteiger partial charge is 0.327 e. The molecule has 0 aliphatic heterocycles. The molecular weight excluding hydrogens is 410 g/mol. The number of amides is 2. The van der Waals surface area contributed by atoms with Gasteiger partial charge in [-0.1, -0.05) is 32.1 Å². The Hall–Kier alpha value is -2.22. The zero-order valence-electron chi connectivity index (χ0n) is 19.2. The molecule has 1 fully saturated rings. The highest BCUT2D eigenvalue weighted by atomic mass is 28.1. The number of hydrogen-bond donors (Lipinski definition) is 1. The van der Waals surface area contributed by atoms with Gasteiger partial charge in [0.1, 0.15) is 5.16 Å². The number of nitrogens with zero attached hydrogens (tertiary/aromatic N) is 2. The van der Waals surface area contributed by atoms with Gasteiger partial charge in [0.2, 0.25) is 11.8 Å². The van der Waals surface area contributed by atoms with Gasteiger partial charge in [-0.2, -0.15) is 0 Å². The highest BCUT2D eigenvalue weighted by molar-refractivity contribution is 6.28. The molecule has 1 aliphatic rings. The first-order valence-electron chi connectivity index (χ1n) is 11.4. The molecule has 1 aliphatic carbocycles. The van der Waals surface area contributed by atoms with Crippen LogP contribution in [0.4, 0.5) is 0 Å². The largest absolute Gasteiger partial charge is 0.468 e. The molecule has 1 atom stereocenters. The fourth-order valence-corrected chi connectivity index (χ4v) is 4.87. The van der Waals surface area contributed by atoms with E-state index in [-0.39, 0.29) is 24.7 Å². The summed E-state index contributed by atoms with van der Waals surface area (Å²) in [6, 6.07) is 3.86. The highest BCUT2D eigenvalue weighted by Crippen LogP contribution is 2.27. The fraction of sp³-hybridized carbons (Fsp3) is 0.652. The van der Waals surface area contributed by atoms with Crippen molar-refractivity contribution in [3.8, 4) is 0 Å². The standard InChI is InChI=1S/C23H37N3O4Si/c1-26(17-13-19-11-15-24-16-12-19)21(28)10-14-23(31,22(29)30-2)25-20(27)9-8-18-6-4-3-5-7-18/h11-12,15-16,18H,3-10,13-14,17H2,1-2,31H3,(H,25,27)/t23-/m0/s1. The molecule has 31 heavy (non-hydrogen) atoms. The van der Waals surface area contributed by atoms with Crippen LogP contribution in [-0.4, -0.2) is 63.8 Å². The third-order valence-corrected chi connectivity index (χ3v) is 7.46. The number of esters is 1. The van der Waals surface area contributed by atoms with Crippen molar-refractivity contribution in [3.63, 3.8) is 0 Å². The van der Waals surface area contributed by atoms with Crippen molar-refractivity contribution in [2.75, 3.05) is 20.7 Å². The number of aromatic nitrogens is 1. The normalized spacial score (nSPS) is 16.3. The van der Waals surface area contributed by atoms with Crippen molar-refractivity contribution in [2.24, 2.45) is 5.92 Å². The summed E-state index contributed by atoms with van der Waals surface area (Å²) in [5.41, 5.74) is 1.12. The fourth-order valence-electron chi connectivity index (χ4n) is 4.14. The maximum Gasteiger partial charge on any atom is 0.327 e. The molecule has 0 unspecified atom stereocenters. The Kier molecular flexibility index (Phi) is 10.2. The lowest BCUT2D eigenvalue weighted by Gasteiger charge is -2.29. The summed E-state index contributed by atoms with van der Waals surface area (Å²) in [6.45, 7) is 0.586. The molecule has 7 nitrogen and oxygen atoms in total. The van der Waals surface area contributed by atoms with Crippen molar-refractivity contribution in [1.29, 1.82) is 0 Å². The van der Waals surface area contributed by atoms with E-state index in [1.807, 2.05) is 12.1 Å². The minimum absolute atomic E-state index is 0.0466. The van der Waals surface area contributed by atoms with Crippen LogP contribution in [0.15, 0.2) is 24.5 Å². The Balaban J connectivity index is 1.83.